The topological polar surface area (TPSA) is 91.8 Å². The summed E-state index contributed by atoms with van der Waals surface area (Å²) in [5.41, 5.74) is -3.91. The number of hydrogen-bond acceptors (Lipinski definition) is 6. The van der Waals surface area contributed by atoms with Gasteiger partial charge in [0.15, 0.2) is 0 Å². The van der Waals surface area contributed by atoms with Crippen LogP contribution in [0.3, 0.4) is 0 Å². The molecule has 0 unspecified atom stereocenters. The summed E-state index contributed by atoms with van der Waals surface area (Å²) >= 11 is -0.271. The number of aromatic nitrogens is 1. The van der Waals surface area contributed by atoms with E-state index in [9.17, 15) is 27.6 Å². The number of hydrogen-bond donors (Lipinski definition) is 1. The standard InChI is InChI=1S/C26H21F3N4O4S/c1-37-19-6-2-16(3-7-19)22(34)31-21-14-30-13-10-17(21)15-32-24(36)33(23(35)25(32)11-12-25)18-4-8-20(9-5-18)38-26(27,28)29/h2-10,13-14H,11-12,15H2,1H3,(H,31,34). The number of nitrogens with zero attached hydrogens (tertiary/aromatic N) is 3. The van der Waals surface area contributed by atoms with Crippen molar-refractivity contribution >= 4 is 41.0 Å². The van der Waals surface area contributed by atoms with Crippen LogP contribution in [0.5, 0.6) is 5.75 Å². The first-order chi connectivity index (χ1) is 18.1. The van der Waals surface area contributed by atoms with Gasteiger partial charge in [-0.25, -0.2) is 9.69 Å². The predicted molar refractivity (Wildman–Crippen MR) is 134 cm³/mol. The van der Waals surface area contributed by atoms with Gasteiger partial charge in [0, 0.05) is 16.7 Å². The van der Waals surface area contributed by atoms with Crippen molar-refractivity contribution in [1.82, 2.24) is 9.88 Å². The maximum Gasteiger partial charge on any atom is 0.446 e. The molecule has 12 heteroatoms. The fraction of sp³-hybridized carbons (Fsp3) is 0.231. The van der Waals surface area contributed by atoms with Crippen LogP contribution in [0, 0.1) is 0 Å². The summed E-state index contributed by atoms with van der Waals surface area (Å²) in [5.74, 6) is -0.198. The monoisotopic (exact) mass is 542 g/mol. The van der Waals surface area contributed by atoms with E-state index in [0.29, 0.717) is 35.4 Å². The van der Waals surface area contributed by atoms with Gasteiger partial charge in [-0.1, -0.05) is 0 Å². The lowest BCUT2D eigenvalue weighted by Gasteiger charge is -2.22. The summed E-state index contributed by atoms with van der Waals surface area (Å²) < 4.78 is 43.1. The van der Waals surface area contributed by atoms with Gasteiger partial charge in [0.05, 0.1) is 31.2 Å². The minimum Gasteiger partial charge on any atom is -0.497 e. The van der Waals surface area contributed by atoms with Gasteiger partial charge in [-0.2, -0.15) is 13.2 Å². The highest BCUT2D eigenvalue weighted by Crippen LogP contribution is 2.50. The number of halogens is 3. The van der Waals surface area contributed by atoms with E-state index in [2.05, 4.69) is 10.3 Å². The fourth-order valence-corrected chi connectivity index (χ4v) is 4.88. The number of thioether (sulfide) groups is 1. The Morgan fingerprint density at radius 3 is 2.37 bits per heavy atom. The van der Waals surface area contributed by atoms with Gasteiger partial charge in [0.1, 0.15) is 11.3 Å². The van der Waals surface area contributed by atoms with Gasteiger partial charge in [0.2, 0.25) is 0 Å². The molecule has 2 heterocycles. The molecule has 1 saturated heterocycles. The first-order valence-corrected chi connectivity index (χ1v) is 12.3. The highest BCUT2D eigenvalue weighted by Gasteiger charge is 2.65. The molecule has 1 aliphatic carbocycles. The second-order valence-corrected chi connectivity index (χ2v) is 9.94. The van der Waals surface area contributed by atoms with Crippen molar-refractivity contribution in [3.05, 3.63) is 78.1 Å². The van der Waals surface area contributed by atoms with Crippen LogP contribution in [0.15, 0.2) is 71.9 Å². The van der Waals surface area contributed by atoms with Crippen LogP contribution in [-0.4, -0.2) is 45.9 Å². The third kappa shape index (κ3) is 4.91. The van der Waals surface area contributed by atoms with Crippen molar-refractivity contribution in [3.8, 4) is 5.75 Å². The molecule has 0 radical (unpaired) electrons. The minimum atomic E-state index is -4.44. The number of rotatable bonds is 7. The van der Waals surface area contributed by atoms with E-state index >= 15 is 0 Å². The van der Waals surface area contributed by atoms with Crippen LogP contribution in [0.1, 0.15) is 28.8 Å². The Kier molecular flexibility index (Phi) is 6.51. The Morgan fingerprint density at radius 1 is 1.08 bits per heavy atom. The van der Waals surface area contributed by atoms with Crippen molar-refractivity contribution in [2.75, 3.05) is 17.3 Å². The van der Waals surface area contributed by atoms with Crippen LogP contribution in [0.25, 0.3) is 0 Å². The Hall–Kier alpha value is -4.06. The number of ether oxygens (including phenoxy) is 1. The molecule has 1 N–H and O–H groups in total. The SMILES string of the molecule is COc1ccc(C(=O)Nc2cnccc2CN2C(=O)N(c3ccc(SC(F)(F)F)cc3)C(=O)C23CC3)cc1. The first kappa shape index (κ1) is 25.6. The third-order valence-electron chi connectivity index (χ3n) is 6.43. The number of carbonyl (C=O) groups is 3. The Morgan fingerprint density at radius 2 is 1.76 bits per heavy atom. The van der Waals surface area contributed by atoms with E-state index in [1.165, 1.54) is 48.7 Å². The van der Waals surface area contributed by atoms with Gasteiger partial charge >= 0.3 is 11.5 Å². The van der Waals surface area contributed by atoms with Gasteiger partial charge < -0.3 is 15.0 Å². The number of anilines is 2. The molecule has 196 valence electrons. The predicted octanol–water partition coefficient (Wildman–Crippen LogP) is 5.46. The van der Waals surface area contributed by atoms with Gasteiger partial charge in [0.25, 0.3) is 11.8 Å². The van der Waals surface area contributed by atoms with E-state index in [-0.39, 0.29) is 34.8 Å². The Balaban J connectivity index is 1.36. The number of methoxy groups -OCH3 is 1. The number of imide groups is 1. The second kappa shape index (κ2) is 9.67. The van der Waals surface area contributed by atoms with Gasteiger partial charge in [-0.3, -0.25) is 14.6 Å². The van der Waals surface area contributed by atoms with E-state index in [1.54, 1.807) is 30.3 Å². The van der Waals surface area contributed by atoms with Crippen molar-refractivity contribution in [3.63, 3.8) is 0 Å². The molecule has 2 aliphatic rings. The lowest BCUT2D eigenvalue weighted by atomic mass is 10.1. The van der Waals surface area contributed by atoms with E-state index in [1.807, 2.05) is 0 Å². The van der Waals surface area contributed by atoms with Crippen LogP contribution < -0.4 is 15.0 Å². The molecule has 0 bridgehead atoms. The molecule has 1 saturated carbocycles. The molecule has 38 heavy (non-hydrogen) atoms. The molecule has 1 aromatic heterocycles. The van der Waals surface area contributed by atoms with E-state index in [0.717, 1.165) is 4.90 Å². The number of nitrogens with one attached hydrogen (secondary N) is 1. The van der Waals surface area contributed by atoms with Crippen LogP contribution >= 0.6 is 11.8 Å². The number of urea groups is 1. The number of amides is 4. The van der Waals surface area contributed by atoms with Crippen molar-refractivity contribution < 1.29 is 32.3 Å². The van der Waals surface area contributed by atoms with Crippen LogP contribution in [0.4, 0.5) is 29.3 Å². The highest BCUT2D eigenvalue weighted by molar-refractivity contribution is 8.00. The number of benzene rings is 2. The zero-order valence-electron chi connectivity index (χ0n) is 20.0. The lowest BCUT2D eigenvalue weighted by Crippen LogP contribution is -2.36. The van der Waals surface area contributed by atoms with Crippen molar-refractivity contribution in [1.29, 1.82) is 0 Å². The molecule has 2 fully saturated rings. The largest absolute Gasteiger partial charge is 0.497 e. The third-order valence-corrected chi connectivity index (χ3v) is 7.17. The normalized spacial score (nSPS) is 16.2. The molecule has 5 rings (SSSR count). The van der Waals surface area contributed by atoms with Gasteiger partial charge in [-0.05, 0) is 84.8 Å². The zero-order valence-corrected chi connectivity index (χ0v) is 20.8. The highest BCUT2D eigenvalue weighted by atomic mass is 32.2. The first-order valence-electron chi connectivity index (χ1n) is 11.5. The summed E-state index contributed by atoms with van der Waals surface area (Å²) in [7, 11) is 1.52. The number of carbonyl (C=O) groups excluding carboxylic acids is 3. The molecular weight excluding hydrogens is 521 g/mol. The Bertz CT molecular complexity index is 1390. The maximum atomic E-state index is 13.4. The molecular formula is C26H21F3N4O4S. The molecule has 2 aromatic carbocycles. The lowest BCUT2D eigenvalue weighted by molar-refractivity contribution is -0.120. The molecule has 1 spiro atoms. The summed E-state index contributed by atoms with van der Waals surface area (Å²) in [5, 5.41) is 2.81. The van der Waals surface area contributed by atoms with Gasteiger partial charge in [-0.15, -0.1) is 0 Å². The molecule has 4 amide bonds. The van der Waals surface area contributed by atoms with Crippen LogP contribution in [-0.2, 0) is 11.3 Å². The second-order valence-electron chi connectivity index (χ2n) is 8.80. The zero-order chi connectivity index (χ0) is 27.1. The average molecular weight is 543 g/mol. The number of alkyl halides is 3. The van der Waals surface area contributed by atoms with E-state index < -0.39 is 23.0 Å². The maximum absolute atomic E-state index is 13.4. The molecule has 3 aromatic rings. The molecule has 1 aliphatic heterocycles. The number of pyridine rings is 1. The summed E-state index contributed by atoms with van der Waals surface area (Å²) in [6, 6.07) is 12.7. The fourth-order valence-electron chi connectivity index (χ4n) is 4.34. The average Bonchev–Trinajstić information content (AvgIpc) is 3.67. The molecule has 0 atom stereocenters. The smallest absolute Gasteiger partial charge is 0.446 e. The summed E-state index contributed by atoms with van der Waals surface area (Å²) in [6.45, 7) is 0.0316. The quantitative estimate of drug-likeness (QED) is 0.315. The summed E-state index contributed by atoms with van der Waals surface area (Å²) in [4.78, 5) is 46.0. The summed E-state index contributed by atoms with van der Waals surface area (Å²) in [6.07, 6.45) is 3.92. The minimum absolute atomic E-state index is 0.0316. The molecule has 8 nitrogen and oxygen atoms in total. The van der Waals surface area contributed by atoms with Crippen molar-refractivity contribution in [2.24, 2.45) is 0 Å². The van der Waals surface area contributed by atoms with Crippen LogP contribution in [0.2, 0.25) is 0 Å². The van der Waals surface area contributed by atoms with E-state index in [4.69, 9.17) is 4.74 Å². The Labute approximate surface area is 219 Å². The van der Waals surface area contributed by atoms with Crippen molar-refractivity contribution in [2.45, 2.75) is 35.3 Å².